The van der Waals surface area contributed by atoms with Gasteiger partial charge >= 0.3 is 0 Å². The smallest absolute Gasteiger partial charge is 0.191 e. The zero-order valence-corrected chi connectivity index (χ0v) is 12.8. The summed E-state index contributed by atoms with van der Waals surface area (Å²) in [6.45, 7) is 6.10. The van der Waals surface area contributed by atoms with Crippen LogP contribution >= 0.6 is 0 Å². The van der Waals surface area contributed by atoms with E-state index >= 15 is 0 Å². The molecule has 3 aromatic rings. The summed E-state index contributed by atoms with van der Waals surface area (Å²) in [4.78, 5) is 0. The molecular formula is C18H16N4. The van der Waals surface area contributed by atoms with E-state index in [2.05, 4.69) is 34.6 Å². The second-order valence-electron chi connectivity index (χ2n) is 5.47. The predicted octanol–water partition coefficient (Wildman–Crippen LogP) is 3.73. The first-order valence-electron chi connectivity index (χ1n) is 7.10. The Morgan fingerprint density at radius 1 is 1.00 bits per heavy atom. The molecule has 0 unspecified atom stereocenters. The fraction of sp³-hybridized carbons (Fsp3) is 0.167. The summed E-state index contributed by atoms with van der Waals surface area (Å²) in [6, 6.07) is 16.4. The molecule has 0 saturated heterocycles. The van der Waals surface area contributed by atoms with Crippen LogP contribution in [-0.4, -0.2) is 15.0 Å². The third-order valence-corrected chi connectivity index (χ3v) is 3.66. The lowest BCUT2D eigenvalue weighted by atomic mass is 10.1. The van der Waals surface area contributed by atoms with E-state index in [9.17, 15) is 5.26 Å². The fourth-order valence-electron chi connectivity index (χ4n) is 2.52. The summed E-state index contributed by atoms with van der Waals surface area (Å²) in [5, 5.41) is 17.6. The van der Waals surface area contributed by atoms with Crippen molar-refractivity contribution in [1.82, 2.24) is 15.0 Å². The molecule has 0 atom stereocenters. The summed E-state index contributed by atoms with van der Waals surface area (Å²) < 4.78 is 1.76. The number of nitriles is 1. The summed E-state index contributed by atoms with van der Waals surface area (Å²) in [5.41, 5.74) is 6.34. The highest BCUT2D eigenvalue weighted by molar-refractivity contribution is 5.68. The predicted molar refractivity (Wildman–Crippen MR) is 85.7 cm³/mol. The first-order valence-corrected chi connectivity index (χ1v) is 7.10. The molecule has 0 fully saturated rings. The van der Waals surface area contributed by atoms with E-state index < -0.39 is 0 Å². The first kappa shape index (κ1) is 14.0. The zero-order chi connectivity index (χ0) is 15.7. The number of nitrogens with zero attached hydrogens (tertiary/aromatic N) is 4. The van der Waals surface area contributed by atoms with Gasteiger partial charge in [-0.1, -0.05) is 41.1 Å². The Labute approximate surface area is 129 Å². The van der Waals surface area contributed by atoms with E-state index in [1.54, 1.807) is 4.68 Å². The van der Waals surface area contributed by atoms with Gasteiger partial charge in [0, 0.05) is 5.56 Å². The highest BCUT2D eigenvalue weighted by Gasteiger charge is 2.17. The Balaban J connectivity index is 2.29. The fourth-order valence-corrected chi connectivity index (χ4v) is 2.52. The lowest BCUT2D eigenvalue weighted by molar-refractivity contribution is 0.801. The van der Waals surface area contributed by atoms with E-state index in [4.69, 9.17) is 0 Å². The van der Waals surface area contributed by atoms with Crippen molar-refractivity contribution in [3.63, 3.8) is 0 Å². The summed E-state index contributed by atoms with van der Waals surface area (Å²) in [6.07, 6.45) is 0. The van der Waals surface area contributed by atoms with E-state index in [1.165, 1.54) is 0 Å². The summed E-state index contributed by atoms with van der Waals surface area (Å²) in [7, 11) is 0. The van der Waals surface area contributed by atoms with Gasteiger partial charge in [-0.3, -0.25) is 0 Å². The topological polar surface area (TPSA) is 54.5 Å². The van der Waals surface area contributed by atoms with Gasteiger partial charge in [0.2, 0.25) is 0 Å². The van der Waals surface area contributed by atoms with Gasteiger partial charge in [-0.15, -0.1) is 5.10 Å². The number of hydrogen-bond donors (Lipinski definition) is 0. The van der Waals surface area contributed by atoms with Crippen molar-refractivity contribution in [2.75, 3.05) is 0 Å². The van der Waals surface area contributed by atoms with Crippen molar-refractivity contribution in [1.29, 1.82) is 5.26 Å². The van der Waals surface area contributed by atoms with Crippen molar-refractivity contribution in [3.8, 4) is 23.0 Å². The van der Waals surface area contributed by atoms with Crippen LogP contribution in [0.2, 0.25) is 0 Å². The molecule has 0 spiro atoms. The van der Waals surface area contributed by atoms with Crippen molar-refractivity contribution < 1.29 is 0 Å². The highest BCUT2D eigenvalue weighted by Crippen LogP contribution is 2.27. The van der Waals surface area contributed by atoms with Crippen LogP contribution in [0.15, 0.2) is 42.5 Å². The Morgan fingerprint density at radius 2 is 1.77 bits per heavy atom. The minimum absolute atomic E-state index is 0.339. The van der Waals surface area contributed by atoms with Crippen LogP contribution in [0.25, 0.3) is 16.9 Å². The van der Waals surface area contributed by atoms with E-state index in [0.717, 1.165) is 33.6 Å². The summed E-state index contributed by atoms with van der Waals surface area (Å²) in [5.74, 6) is 0. The molecule has 0 radical (unpaired) electrons. The molecule has 0 aliphatic heterocycles. The molecule has 0 aliphatic rings. The lowest BCUT2D eigenvalue weighted by Gasteiger charge is -2.11. The summed E-state index contributed by atoms with van der Waals surface area (Å²) >= 11 is 0. The Kier molecular flexibility index (Phi) is 3.48. The van der Waals surface area contributed by atoms with Gasteiger partial charge in [-0.25, -0.2) is 4.68 Å². The van der Waals surface area contributed by atoms with Crippen LogP contribution in [0, 0.1) is 32.1 Å². The molecule has 3 rings (SSSR count). The maximum atomic E-state index is 9.37. The molecule has 0 N–H and O–H groups in total. The third-order valence-electron chi connectivity index (χ3n) is 3.66. The number of rotatable bonds is 2. The standard InChI is InChI=1S/C18H16N4/c1-12-5-4-6-15(9-12)18-16(11-19)20-21-22(18)17-10-13(2)7-8-14(17)3/h4-10H,1-3H3. The second kappa shape index (κ2) is 5.45. The Bertz CT molecular complexity index is 884. The van der Waals surface area contributed by atoms with Gasteiger partial charge in [-0.2, -0.15) is 5.26 Å². The van der Waals surface area contributed by atoms with Crippen LogP contribution < -0.4 is 0 Å². The average molecular weight is 288 g/mol. The van der Waals surface area contributed by atoms with Crippen LogP contribution in [0.5, 0.6) is 0 Å². The van der Waals surface area contributed by atoms with Gasteiger partial charge in [0.15, 0.2) is 5.69 Å². The molecule has 22 heavy (non-hydrogen) atoms. The van der Waals surface area contributed by atoms with Crippen LogP contribution in [0.3, 0.4) is 0 Å². The largest absolute Gasteiger partial charge is 0.211 e. The minimum Gasteiger partial charge on any atom is -0.211 e. The minimum atomic E-state index is 0.339. The molecule has 0 amide bonds. The van der Waals surface area contributed by atoms with Crippen molar-refractivity contribution in [3.05, 3.63) is 64.8 Å². The second-order valence-corrected chi connectivity index (χ2v) is 5.47. The Morgan fingerprint density at radius 3 is 2.50 bits per heavy atom. The zero-order valence-electron chi connectivity index (χ0n) is 12.8. The quantitative estimate of drug-likeness (QED) is 0.722. The van der Waals surface area contributed by atoms with Gasteiger partial charge < -0.3 is 0 Å². The number of hydrogen-bond acceptors (Lipinski definition) is 3. The van der Waals surface area contributed by atoms with Crippen LogP contribution in [-0.2, 0) is 0 Å². The van der Waals surface area contributed by atoms with E-state index in [-0.39, 0.29) is 0 Å². The molecule has 0 saturated carbocycles. The molecule has 2 aromatic carbocycles. The highest BCUT2D eigenvalue weighted by atomic mass is 15.4. The Hall–Kier alpha value is -2.93. The number of aromatic nitrogens is 3. The molecule has 4 nitrogen and oxygen atoms in total. The molecule has 108 valence electrons. The SMILES string of the molecule is Cc1cccc(-c2c(C#N)nnn2-c2cc(C)ccc2C)c1. The van der Waals surface area contributed by atoms with Crippen molar-refractivity contribution in [2.45, 2.75) is 20.8 Å². The monoisotopic (exact) mass is 288 g/mol. The maximum Gasteiger partial charge on any atom is 0.191 e. The van der Waals surface area contributed by atoms with Crippen LogP contribution in [0.1, 0.15) is 22.4 Å². The molecular weight excluding hydrogens is 272 g/mol. The van der Waals surface area contributed by atoms with Gasteiger partial charge in [0.05, 0.1) is 5.69 Å². The normalized spacial score (nSPS) is 10.5. The average Bonchev–Trinajstić information content (AvgIpc) is 2.93. The van der Waals surface area contributed by atoms with Gasteiger partial charge in [0.25, 0.3) is 0 Å². The number of aryl methyl sites for hydroxylation is 3. The molecule has 1 heterocycles. The van der Waals surface area contributed by atoms with Crippen molar-refractivity contribution in [2.24, 2.45) is 0 Å². The molecule has 1 aromatic heterocycles. The van der Waals surface area contributed by atoms with E-state index in [1.807, 2.05) is 45.0 Å². The molecule has 0 aliphatic carbocycles. The number of benzene rings is 2. The first-order chi connectivity index (χ1) is 10.6. The van der Waals surface area contributed by atoms with E-state index in [0.29, 0.717) is 5.69 Å². The third kappa shape index (κ3) is 2.38. The van der Waals surface area contributed by atoms with Crippen LogP contribution in [0.4, 0.5) is 0 Å². The lowest BCUT2D eigenvalue weighted by Crippen LogP contribution is -2.02. The molecule has 4 heteroatoms. The van der Waals surface area contributed by atoms with Crippen molar-refractivity contribution >= 4 is 0 Å². The van der Waals surface area contributed by atoms with Gasteiger partial charge in [0.1, 0.15) is 11.8 Å². The maximum absolute atomic E-state index is 9.37. The van der Waals surface area contributed by atoms with Gasteiger partial charge in [-0.05, 0) is 44.0 Å². The molecule has 0 bridgehead atoms.